The van der Waals surface area contributed by atoms with E-state index in [1.807, 2.05) is 0 Å². The van der Waals surface area contributed by atoms with Gasteiger partial charge in [-0.25, -0.2) is 5.43 Å². The van der Waals surface area contributed by atoms with Crippen LogP contribution in [0.25, 0.3) is 0 Å². The molecule has 2 rings (SSSR count). The first-order chi connectivity index (χ1) is 10.9. The Labute approximate surface area is 148 Å². The molecule has 0 saturated carbocycles. The normalized spacial score (nSPS) is 10.7. The summed E-state index contributed by atoms with van der Waals surface area (Å²) >= 11 is 6.51. The van der Waals surface area contributed by atoms with Gasteiger partial charge in [0.2, 0.25) is 0 Å². The summed E-state index contributed by atoms with van der Waals surface area (Å²) in [6, 6.07) is 9.33. The Balaban J connectivity index is 2.19. The molecule has 0 radical (unpaired) electrons. The number of carbonyl (C=O) groups is 1. The number of amides is 1. The number of nitrogen functional groups attached to an aromatic ring is 1. The molecule has 23 heavy (non-hydrogen) atoms. The van der Waals surface area contributed by atoms with E-state index < -0.39 is 10.8 Å². The van der Waals surface area contributed by atoms with E-state index in [-0.39, 0.29) is 22.5 Å². The fraction of sp³-hybridized carbons (Fsp3) is 0. The van der Waals surface area contributed by atoms with Crippen molar-refractivity contribution in [3.8, 4) is 0 Å². The van der Waals surface area contributed by atoms with E-state index in [9.17, 15) is 14.9 Å². The molecule has 0 fully saturated rings. The van der Waals surface area contributed by atoms with Gasteiger partial charge in [-0.2, -0.15) is 5.10 Å². The van der Waals surface area contributed by atoms with Crippen LogP contribution in [0.1, 0.15) is 15.9 Å². The molecule has 9 heteroatoms. The number of nitrogens with two attached hydrogens (primary N) is 1. The highest BCUT2D eigenvalue weighted by atomic mass is 79.9. The highest BCUT2D eigenvalue weighted by molar-refractivity contribution is 9.11. The van der Waals surface area contributed by atoms with Crippen LogP contribution in [0.2, 0.25) is 0 Å². The molecule has 2 aromatic rings. The van der Waals surface area contributed by atoms with Crippen molar-refractivity contribution in [3.05, 3.63) is 66.6 Å². The first-order valence-corrected chi connectivity index (χ1v) is 7.80. The van der Waals surface area contributed by atoms with E-state index in [1.165, 1.54) is 18.3 Å². The van der Waals surface area contributed by atoms with Crippen LogP contribution >= 0.6 is 31.9 Å². The van der Waals surface area contributed by atoms with Gasteiger partial charge in [0.1, 0.15) is 0 Å². The Morgan fingerprint density at radius 1 is 1.30 bits per heavy atom. The first kappa shape index (κ1) is 17.1. The van der Waals surface area contributed by atoms with Gasteiger partial charge in [0.05, 0.1) is 28.0 Å². The third-order valence-electron chi connectivity index (χ3n) is 2.84. The van der Waals surface area contributed by atoms with Crippen LogP contribution in [0.4, 0.5) is 11.4 Å². The third-order valence-corrected chi connectivity index (χ3v) is 3.96. The maximum Gasteiger partial charge on any atom is 0.278 e. The van der Waals surface area contributed by atoms with Crippen molar-refractivity contribution in [3.63, 3.8) is 0 Å². The molecule has 0 aliphatic carbocycles. The lowest BCUT2D eigenvalue weighted by Crippen LogP contribution is -2.19. The Morgan fingerprint density at radius 2 is 2.00 bits per heavy atom. The number of carbonyl (C=O) groups excluding carboxylic acids is 1. The summed E-state index contributed by atoms with van der Waals surface area (Å²) in [5.74, 6) is -0.528. The van der Waals surface area contributed by atoms with Crippen LogP contribution < -0.4 is 11.2 Å². The van der Waals surface area contributed by atoms with Crippen molar-refractivity contribution in [2.24, 2.45) is 5.10 Å². The van der Waals surface area contributed by atoms with Gasteiger partial charge in [-0.15, -0.1) is 0 Å². The number of hydrogen-bond donors (Lipinski definition) is 2. The van der Waals surface area contributed by atoms with Crippen molar-refractivity contribution in [1.82, 2.24) is 5.43 Å². The quantitative estimate of drug-likeness (QED) is 0.327. The number of nitrogens with one attached hydrogen (secondary N) is 1. The van der Waals surface area contributed by atoms with Gasteiger partial charge in [0, 0.05) is 15.0 Å². The van der Waals surface area contributed by atoms with E-state index in [0.717, 1.165) is 0 Å². The van der Waals surface area contributed by atoms with Crippen LogP contribution in [0.5, 0.6) is 0 Å². The first-order valence-electron chi connectivity index (χ1n) is 6.21. The molecule has 0 unspecified atom stereocenters. The molecule has 2 aromatic carbocycles. The number of hydrazone groups is 1. The molecule has 0 heterocycles. The van der Waals surface area contributed by atoms with Crippen LogP contribution in [0.15, 0.2) is 50.4 Å². The highest BCUT2D eigenvalue weighted by Gasteiger charge is 2.13. The van der Waals surface area contributed by atoms with Gasteiger partial charge in [0.25, 0.3) is 11.6 Å². The fourth-order valence-electron chi connectivity index (χ4n) is 1.76. The number of hydrogen-bond acceptors (Lipinski definition) is 5. The molecule has 7 nitrogen and oxygen atoms in total. The zero-order chi connectivity index (χ0) is 17.0. The molecule has 1 amide bonds. The van der Waals surface area contributed by atoms with Crippen molar-refractivity contribution < 1.29 is 9.72 Å². The monoisotopic (exact) mass is 440 g/mol. The molecule has 0 aliphatic rings. The number of benzene rings is 2. The van der Waals surface area contributed by atoms with Gasteiger partial charge in [0.15, 0.2) is 0 Å². The lowest BCUT2D eigenvalue weighted by atomic mass is 10.2. The predicted octanol–water partition coefficient (Wildman–Crippen LogP) is 3.47. The number of nitro benzene ring substituents is 1. The lowest BCUT2D eigenvalue weighted by molar-refractivity contribution is -0.385. The van der Waals surface area contributed by atoms with Crippen LogP contribution in [0, 0.1) is 10.1 Å². The predicted molar refractivity (Wildman–Crippen MR) is 94.4 cm³/mol. The molecule has 0 bridgehead atoms. The molecule has 0 aromatic heterocycles. The molecular formula is C14H10Br2N4O3. The van der Waals surface area contributed by atoms with E-state index in [1.54, 1.807) is 24.3 Å². The minimum absolute atomic E-state index is 0.102. The highest BCUT2D eigenvalue weighted by Crippen LogP contribution is 2.28. The van der Waals surface area contributed by atoms with Crippen LogP contribution in [-0.2, 0) is 0 Å². The summed E-state index contributed by atoms with van der Waals surface area (Å²) in [4.78, 5) is 22.5. The summed E-state index contributed by atoms with van der Waals surface area (Å²) in [6.07, 6.45) is 1.21. The molecule has 118 valence electrons. The second-order valence-corrected chi connectivity index (χ2v) is 6.13. The molecule has 0 atom stereocenters. The molecule has 0 spiro atoms. The van der Waals surface area contributed by atoms with E-state index in [4.69, 9.17) is 5.73 Å². The molecule has 3 N–H and O–H groups in total. The fourth-order valence-corrected chi connectivity index (χ4v) is 2.98. The lowest BCUT2D eigenvalue weighted by Gasteiger charge is -2.07. The topological polar surface area (TPSA) is 111 Å². The second kappa shape index (κ2) is 7.34. The average molecular weight is 442 g/mol. The van der Waals surface area contributed by atoms with Crippen molar-refractivity contribution in [1.29, 1.82) is 0 Å². The Morgan fingerprint density at radius 3 is 2.70 bits per heavy atom. The number of rotatable bonds is 4. The van der Waals surface area contributed by atoms with Gasteiger partial charge >= 0.3 is 0 Å². The zero-order valence-electron chi connectivity index (χ0n) is 11.5. The summed E-state index contributed by atoms with van der Waals surface area (Å²) in [5, 5.41) is 14.6. The number of halogens is 2. The van der Waals surface area contributed by atoms with Gasteiger partial charge in [-0.05, 0) is 34.1 Å². The molecule has 0 aliphatic heterocycles. The number of anilines is 1. The van der Waals surface area contributed by atoms with E-state index >= 15 is 0 Å². The third kappa shape index (κ3) is 4.14. The Hall–Kier alpha value is -2.26. The van der Waals surface area contributed by atoms with Gasteiger partial charge in [-0.3, -0.25) is 14.9 Å². The average Bonchev–Trinajstić information content (AvgIpc) is 2.51. The number of nitrogens with zero attached hydrogens (tertiary/aromatic N) is 2. The summed E-state index contributed by atoms with van der Waals surface area (Å²) in [7, 11) is 0. The zero-order valence-corrected chi connectivity index (χ0v) is 14.7. The summed E-state index contributed by atoms with van der Waals surface area (Å²) < 4.78 is 1.24. The number of nitro groups is 1. The Kier molecular flexibility index (Phi) is 5.45. The maximum atomic E-state index is 12.1. The van der Waals surface area contributed by atoms with Crippen molar-refractivity contribution in [2.45, 2.75) is 0 Å². The smallest absolute Gasteiger partial charge is 0.278 e. The molecular weight excluding hydrogens is 432 g/mol. The van der Waals surface area contributed by atoms with Gasteiger partial charge in [-0.1, -0.05) is 28.1 Å². The second-order valence-electron chi connectivity index (χ2n) is 4.36. The van der Waals surface area contributed by atoms with Crippen LogP contribution in [-0.4, -0.2) is 17.0 Å². The van der Waals surface area contributed by atoms with Crippen molar-refractivity contribution >= 4 is 55.4 Å². The van der Waals surface area contributed by atoms with Gasteiger partial charge < -0.3 is 5.73 Å². The minimum atomic E-state index is -0.528. The van der Waals surface area contributed by atoms with E-state index in [0.29, 0.717) is 8.95 Å². The summed E-state index contributed by atoms with van der Waals surface area (Å²) in [5.41, 5.74) is 8.80. The van der Waals surface area contributed by atoms with Crippen LogP contribution in [0.3, 0.4) is 0 Å². The van der Waals surface area contributed by atoms with Crippen molar-refractivity contribution in [2.75, 3.05) is 5.73 Å². The molecule has 0 saturated heterocycles. The minimum Gasteiger partial charge on any atom is -0.397 e. The standard InChI is InChI=1S/C14H10Br2N4O3/c15-9-5-10(13(17)11(16)6-9)14(21)19-18-7-8-3-1-2-4-12(8)20(22)23/h1-7H,17H2,(H,19,21)/b18-7+. The van der Waals surface area contributed by atoms with E-state index in [2.05, 4.69) is 42.4 Å². The summed E-state index contributed by atoms with van der Waals surface area (Å²) in [6.45, 7) is 0. The SMILES string of the molecule is Nc1c(Br)cc(Br)cc1C(=O)N/N=C/c1ccccc1[N+](=O)[O-]. The maximum absolute atomic E-state index is 12.1. The largest absolute Gasteiger partial charge is 0.397 e. The number of para-hydroxylation sites is 1. The Bertz CT molecular complexity index is 809.